The standard InChI is InChI=1S/C13H21N5O3/c1-3-13(11(19)20)4-6-18(7-5-13)12(21)14-8-10-16-15-9-17(10)2/h9H,3-8H2,1-2H3,(H,14,21)(H,19,20). The van der Waals surface area contributed by atoms with Gasteiger partial charge in [0, 0.05) is 20.1 Å². The van der Waals surface area contributed by atoms with Crippen LogP contribution < -0.4 is 5.32 Å². The van der Waals surface area contributed by atoms with E-state index in [1.54, 1.807) is 15.8 Å². The van der Waals surface area contributed by atoms with E-state index in [0.717, 1.165) is 0 Å². The number of aromatic nitrogens is 3. The van der Waals surface area contributed by atoms with Gasteiger partial charge in [-0.15, -0.1) is 10.2 Å². The second-order valence-electron chi connectivity index (χ2n) is 5.44. The van der Waals surface area contributed by atoms with Crippen LogP contribution in [0.4, 0.5) is 4.79 Å². The Balaban J connectivity index is 1.86. The molecular formula is C13H21N5O3. The summed E-state index contributed by atoms with van der Waals surface area (Å²) < 4.78 is 1.74. The summed E-state index contributed by atoms with van der Waals surface area (Å²) in [6.07, 6.45) is 3.16. The summed E-state index contributed by atoms with van der Waals surface area (Å²) in [6, 6.07) is -0.187. The van der Waals surface area contributed by atoms with Crippen LogP contribution in [0, 0.1) is 5.41 Å². The SMILES string of the molecule is CCC1(C(=O)O)CCN(C(=O)NCc2nncn2C)CC1. The van der Waals surface area contributed by atoms with Crippen molar-refractivity contribution in [3.8, 4) is 0 Å². The van der Waals surface area contributed by atoms with E-state index >= 15 is 0 Å². The molecule has 1 aliphatic rings. The van der Waals surface area contributed by atoms with E-state index in [9.17, 15) is 14.7 Å². The number of hydrogen-bond donors (Lipinski definition) is 2. The molecule has 0 aromatic carbocycles. The van der Waals surface area contributed by atoms with Crippen LogP contribution >= 0.6 is 0 Å². The first kappa shape index (κ1) is 15.3. The molecule has 8 heteroatoms. The minimum atomic E-state index is -0.760. The van der Waals surface area contributed by atoms with Crippen LogP contribution in [-0.2, 0) is 18.4 Å². The normalized spacial score (nSPS) is 17.5. The fourth-order valence-corrected chi connectivity index (χ4v) is 2.59. The molecule has 2 amide bonds. The number of likely N-dealkylation sites (tertiary alicyclic amines) is 1. The van der Waals surface area contributed by atoms with Crippen molar-refractivity contribution in [2.45, 2.75) is 32.7 Å². The number of carboxylic acid groups (broad SMARTS) is 1. The maximum absolute atomic E-state index is 12.1. The Morgan fingerprint density at radius 1 is 1.43 bits per heavy atom. The monoisotopic (exact) mass is 295 g/mol. The molecule has 0 radical (unpaired) electrons. The van der Waals surface area contributed by atoms with Crippen LogP contribution in [0.15, 0.2) is 6.33 Å². The third kappa shape index (κ3) is 3.14. The Morgan fingerprint density at radius 2 is 2.10 bits per heavy atom. The van der Waals surface area contributed by atoms with Crippen LogP contribution in [-0.4, -0.2) is 49.9 Å². The molecule has 1 aromatic heterocycles. The number of aryl methyl sites for hydroxylation is 1. The molecular weight excluding hydrogens is 274 g/mol. The molecule has 0 bridgehead atoms. The van der Waals surface area contributed by atoms with Gasteiger partial charge >= 0.3 is 12.0 Å². The number of aliphatic carboxylic acids is 1. The average molecular weight is 295 g/mol. The van der Waals surface area contributed by atoms with Crippen LogP contribution in [0.25, 0.3) is 0 Å². The van der Waals surface area contributed by atoms with Crippen molar-refractivity contribution in [2.24, 2.45) is 12.5 Å². The smallest absolute Gasteiger partial charge is 0.317 e. The number of carbonyl (C=O) groups is 2. The minimum absolute atomic E-state index is 0.187. The van der Waals surface area contributed by atoms with Gasteiger partial charge in [0.15, 0.2) is 5.82 Å². The fourth-order valence-electron chi connectivity index (χ4n) is 2.59. The van der Waals surface area contributed by atoms with Crippen LogP contribution in [0.5, 0.6) is 0 Å². The summed E-state index contributed by atoms with van der Waals surface area (Å²) in [7, 11) is 1.81. The van der Waals surface area contributed by atoms with E-state index < -0.39 is 11.4 Å². The fraction of sp³-hybridized carbons (Fsp3) is 0.692. The zero-order valence-electron chi connectivity index (χ0n) is 12.4. The Morgan fingerprint density at radius 3 is 2.57 bits per heavy atom. The molecule has 2 N–H and O–H groups in total. The third-order valence-corrected chi connectivity index (χ3v) is 4.34. The van der Waals surface area contributed by atoms with Crippen LogP contribution in [0.2, 0.25) is 0 Å². The number of nitrogens with one attached hydrogen (secondary N) is 1. The van der Waals surface area contributed by atoms with Gasteiger partial charge in [-0.25, -0.2) is 4.79 Å². The molecule has 0 atom stereocenters. The lowest BCUT2D eigenvalue weighted by Crippen LogP contribution is -2.49. The summed E-state index contributed by atoms with van der Waals surface area (Å²) in [5.74, 6) is -0.0852. The van der Waals surface area contributed by atoms with Gasteiger partial charge < -0.3 is 19.9 Å². The third-order valence-electron chi connectivity index (χ3n) is 4.34. The maximum atomic E-state index is 12.1. The number of carbonyl (C=O) groups excluding carboxylic acids is 1. The summed E-state index contributed by atoms with van der Waals surface area (Å²) in [4.78, 5) is 25.1. The number of nitrogens with zero attached hydrogens (tertiary/aromatic N) is 4. The zero-order valence-corrected chi connectivity index (χ0v) is 12.4. The molecule has 1 aromatic rings. The molecule has 21 heavy (non-hydrogen) atoms. The molecule has 2 rings (SSSR count). The van der Waals surface area contributed by atoms with Gasteiger partial charge in [-0.2, -0.15) is 0 Å². The number of carboxylic acids is 1. The lowest BCUT2D eigenvalue weighted by Gasteiger charge is -2.38. The van der Waals surface area contributed by atoms with Crippen LogP contribution in [0.1, 0.15) is 32.0 Å². The van der Waals surface area contributed by atoms with E-state index in [1.165, 1.54) is 0 Å². The first-order valence-corrected chi connectivity index (χ1v) is 7.07. The molecule has 0 unspecified atom stereocenters. The highest BCUT2D eigenvalue weighted by Gasteiger charge is 2.40. The lowest BCUT2D eigenvalue weighted by molar-refractivity contribution is -0.151. The van der Waals surface area contributed by atoms with E-state index in [2.05, 4.69) is 15.5 Å². The maximum Gasteiger partial charge on any atom is 0.317 e. The van der Waals surface area contributed by atoms with Crippen LogP contribution in [0.3, 0.4) is 0 Å². The summed E-state index contributed by atoms with van der Waals surface area (Å²) in [6.45, 7) is 3.12. The van der Waals surface area contributed by atoms with Gasteiger partial charge in [-0.05, 0) is 19.3 Å². The lowest BCUT2D eigenvalue weighted by atomic mass is 9.76. The zero-order chi connectivity index (χ0) is 15.5. The minimum Gasteiger partial charge on any atom is -0.481 e. The Hall–Kier alpha value is -2.12. The Kier molecular flexibility index (Phi) is 4.44. The van der Waals surface area contributed by atoms with E-state index in [-0.39, 0.29) is 6.03 Å². The Bertz CT molecular complexity index is 520. The van der Waals surface area contributed by atoms with Crippen molar-refractivity contribution in [3.63, 3.8) is 0 Å². The molecule has 0 spiro atoms. The van der Waals surface area contributed by atoms with Crippen molar-refractivity contribution >= 4 is 12.0 Å². The predicted octanol–water partition coefficient (Wildman–Crippen LogP) is 0.601. The highest BCUT2D eigenvalue weighted by atomic mass is 16.4. The summed E-state index contributed by atoms with van der Waals surface area (Å²) in [5.41, 5.74) is -0.680. The topological polar surface area (TPSA) is 100 Å². The molecule has 2 heterocycles. The van der Waals surface area contributed by atoms with E-state index in [4.69, 9.17) is 0 Å². The molecule has 0 aliphatic carbocycles. The molecule has 1 fully saturated rings. The predicted molar refractivity (Wildman–Crippen MR) is 74.4 cm³/mol. The number of hydrogen-bond acceptors (Lipinski definition) is 4. The number of amides is 2. The van der Waals surface area contributed by atoms with Gasteiger partial charge in [0.25, 0.3) is 0 Å². The molecule has 116 valence electrons. The highest BCUT2D eigenvalue weighted by molar-refractivity contribution is 5.77. The largest absolute Gasteiger partial charge is 0.481 e. The van der Waals surface area contributed by atoms with Crippen molar-refractivity contribution in [2.75, 3.05) is 13.1 Å². The van der Waals surface area contributed by atoms with E-state index in [0.29, 0.717) is 44.7 Å². The first-order valence-electron chi connectivity index (χ1n) is 7.07. The van der Waals surface area contributed by atoms with Gasteiger partial charge in [-0.1, -0.05) is 6.92 Å². The van der Waals surface area contributed by atoms with Crippen molar-refractivity contribution in [1.82, 2.24) is 25.0 Å². The van der Waals surface area contributed by atoms with Gasteiger partial charge in [0.2, 0.25) is 0 Å². The molecule has 1 saturated heterocycles. The van der Waals surface area contributed by atoms with Gasteiger partial charge in [0.1, 0.15) is 6.33 Å². The molecule has 8 nitrogen and oxygen atoms in total. The number of urea groups is 1. The summed E-state index contributed by atoms with van der Waals surface area (Å²) in [5, 5.41) is 19.8. The number of piperidine rings is 1. The van der Waals surface area contributed by atoms with Crippen molar-refractivity contribution < 1.29 is 14.7 Å². The van der Waals surface area contributed by atoms with E-state index in [1.807, 2.05) is 14.0 Å². The number of rotatable bonds is 4. The summed E-state index contributed by atoms with van der Waals surface area (Å²) >= 11 is 0. The molecule has 0 saturated carbocycles. The van der Waals surface area contributed by atoms with Gasteiger partial charge in [0.05, 0.1) is 12.0 Å². The average Bonchev–Trinajstić information content (AvgIpc) is 2.90. The second kappa shape index (κ2) is 6.11. The highest BCUT2D eigenvalue weighted by Crippen LogP contribution is 2.35. The van der Waals surface area contributed by atoms with Gasteiger partial charge in [-0.3, -0.25) is 4.79 Å². The Labute approximate surface area is 123 Å². The molecule has 1 aliphatic heterocycles. The van der Waals surface area contributed by atoms with Crippen molar-refractivity contribution in [1.29, 1.82) is 0 Å². The van der Waals surface area contributed by atoms with Crippen molar-refractivity contribution in [3.05, 3.63) is 12.2 Å². The second-order valence-corrected chi connectivity index (χ2v) is 5.44. The quantitative estimate of drug-likeness (QED) is 0.847. The first-order chi connectivity index (χ1) is 9.98.